The molecule has 0 aliphatic carbocycles. The number of anilines is 2. The monoisotopic (exact) mass is 496 g/mol. The number of hydrogen-bond acceptors (Lipinski definition) is 6. The molecule has 0 saturated heterocycles. The van der Waals surface area contributed by atoms with Crippen LogP contribution in [0.25, 0.3) is 0 Å². The Morgan fingerprint density at radius 1 is 0.971 bits per heavy atom. The Hall–Kier alpha value is -3.85. The second kappa shape index (κ2) is 11.5. The lowest BCUT2D eigenvalue weighted by Crippen LogP contribution is -2.37. The van der Waals surface area contributed by atoms with E-state index < -0.39 is 28.4 Å². The highest BCUT2D eigenvalue weighted by molar-refractivity contribution is 7.92. The van der Waals surface area contributed by atoms with Crippen LogP contribution in [0.5, 0.6) is 5.75 Å². The summed E-state index contributed by atoms with van der Waals surface area (Å²) in [5.74, 6) is -0.396. The normalized spacial score (nSPS) is 10.9. The number of carbonyl (C=O) groups is 2. The van der Waals surface area contributed by atoms with E-state index in [0.717, 1.165) is 16.1 Å². The van der Waals surface area contributed by atoms with Crippen LogP contribution in [-0.2, 0) is 26.2 Å². The third kappa shape index (κ3) is 7.31. The van der Waals surface area contributed by atoms with E-state index in [4.69, 9.17) is 9.47 Å². The highest BCUT2D eigenvalue weighted by atomic mass is 32.2. The van der Waals surface area contributed by atoms with Crippen molar-refractivity contribution in [3.63, 3.8) is 0 Å². The number of nitrogens with one attached hydrogen (secondary N) is 1. The molecule has 0 radical (unpaired) electrons. The number of sulfonamides is 1. The molecule has 1 N–H and O–H groups in total. The largest absolute Gasteiger partial charge is 0.489 e. The number of aryl methyl sites for hydroxylation is 1. The van der Waals surface area contributed by atoms with E-state index in [0.29, 0.717) is 34.9 Å². The number of benzene rings is 3. The first-order valence-corrected chi connectivity index (χ1v) is 12.8. The fraction of sp³-hybridized carbons (Fsp3) is 0.231. The van der Waals surface area contributed by atoms with Crippen molar-refractivity contribution in [1.29, 1.82) is 0 Å². The molecule has 0 atom stereocenters. The van der Waals surface area contributed by atoms with Gasteiger partial charge in [-0.05, 0) is 67.4 Å². The number of nitrogens with zero attached hydrogens (tertiary/aromatic N) is 1. The van der Waals surface area contributed by atoms with Crippen LogP contribution in [-0.4, -0.2) is 39.7 Å². The molecule has 3 aromatic carbocycles. The Kier molecular flexibility index (Phi) is 8.48. The maximum Gasteiger partial charge on any atom is 0.338 e. The molecule has 0 unspecified atom stereocenters. The molecule has 3 rings (SSSR count). The van der Waals surface area contributed by atoms with E-state index in [2.05, 4.69) is 5.32 Å². The number of rotatable bonds is 10. The van der Waals surface area contributed by atoms with Gasteiger partial charge in [-0.2, -0.15) is 0 Å². The van der Waals surface area contributed by atoms with Gasteiger partial charge >= 0.3 is 5.97 Å². The average Bonchev–Trinajstić information content (AvgIpc) is 2.83. The summed E-state index contributed by atoms with van der Waals surface area (Å²) >= 11 is 0. The topological polar surface area (TPSA) is 102 Å². The van der Waals surface area contributed by atoms with Gasteiger partial charge in [-0.3, -0.25) is 9.10 Å². The Morgan fingerprint density at radius 2 is 1.66 bits per heavy atom. The number of amides is 1. The zero-order valence-corrected chi connectivity index (χ0v) is 20.7. The summed E-state index contributed by atoms with van der Waals surface area (Å²) in [5.41, 5.74) is 2.84. The summed E-state index contributed by atoms with van der Waals surface area (Å²) < 4.78 is 36.6. The first-order valence-electron chi connectivity index (χ1n) is 11.0. The number of hydrogen-bond donors (Lipinski definition) is 1. The molecule has 0 spiro atoms. The van der Waals surface area contributed by atoms with Crippen molar-refractivity contribution in [1.82, 2.24) is 0 Å². The maximum absolute atomic E-state index is 12.7. The molecule has 0 aromatic heterocycles. The number of carbonyl (C=O) groups excluding carboxylic acids is 2. The van der Waals surface area contributed by atoms with E-state index in [1.54, 1.807) is 56.3 Å². The molecule has 0 heterocycles. The molecule has 8 nitrogen and oxygen atoms in total. The van der Waals surface area contributed by atoms with Gasteiger partial charge in [0.05, 0.1) is 24.1 Å². The van der Waals surface area contributed by atoms with Crippen molar-refractivity contribution in [3.05, 3.63) is 89.5 Å². The lowest BCUT2D eigenvalue weighted by Gasteiger charge is -2.22. The molecule has 0 fully saturated rings. The second-order valence-electron chi connectivity index (χ2n) is 7.84. The van der Waals surface area contributed by atoms with Crippen LogP contribution in [0.15, 0.2) is 72.8 Å². The predicted octanol–water partition coefficient (Wildman–Crippen LogP) is 4.16. The maximum atomic E-state index is 12.7. The molecule has 0 bridgehead atoms. The summed E-state index contributed by atoms with van der Waals surface area (Å²) in [6.07, 6.45) is 1.04. The molecular weight excluding hydrogens is 468 g/mol. The smallest absolute Gasteiger partial charge is 0.338 e. The first kappa shape index (κ1) is 25.8. The van der Waals surface area contributed by atoms with Crippen LogP contribution in [0, 0.1) is 6.92 Å². The first-order chi connectivity index (χ1) is 16.7. The van der Waals surface area contributed by atoms with Crippen LogP contribution in [0.3, 0.4) is 0 Å². The molecule has 0 aliphatic heterocycles. The van der Waals surface area contributed by atoms with Gasteiger partial charge in [0.25, 0.3) is 0 Å². The fourth-order valence-corrected chi connectivity index (χ4v) is 4.17. The Morgan fingerprint density at radius 3 is 2.26 bits per heavy atom. The van der Waals surface area contributed by atoms with Gasteiger partial charge in [0.2, 0.25) is 15.9 Å². The molecule has 9 heteroatoms. The average molecular weight is 497 g/mol. The van der Waals surface area contributed by atoms with Crippen molar-refractivity contribution in [3.8, 4) is 5.75 Å². The summed E-state index contributed by atoms with van der Waals surface area (Å²) in [5, 5.41) is 2.71. The molecular formula is C26H28N2O6S. The van der Waals surface area contributed by atoms with E-state index in [1.807, 2.05) is 30.3 Å². The Labute approximate surface area is 205 Å². The lowest BCUT2D eigenvalue weighted by molar-refractivity contribution is -0.114. The molecule has 0 saturated carbocycles. The number of ether oxygens (including phenoxy) is 2. The van der Waals surface area contributed by atoms with E-state index >= 15 is 0 Å². The standard InChI is InChI=1S/C26H28N2O6S/c1-4-33-26(30)21-10-15-24(19(2)16-21)27-25(29)17-28(35(3,31)32)22-11-13-23(14-12-22)34-18-20-8-6-5-7-9-20/h5-16H,4,17-18H2,1-3H3,(H,27,29). The fourth-order valence-electron chi connectivity index (χ4n) is 3.32. The van der Waals surface area contributed by atoms with Gasteiger partial charge in [0.1, 0.15) is 18.9 Å². The molecule has 1 amide bonds. The third-order valence-corrected chi connectivity index (χ3v) is 6.21. The summed E-state index contributed by atoms with van der Waals surface area (Å²) in [4.78, 5) is 24.6. The number of esters is 1. The van der Waals surface area contributed by atoms with Crippen molar-refractivity contribution in [2.75, 3.05) is 29.0 Å². The molecule has 0 aliphatic rings. The van der Waals surface area contributed by atoms with Crippen molar-refractivity contribution < 1.29 is 27.5 Å². The minimum Gasteiger partial charge on any atom is -0.489 e. The quantitative estimate of drug-likeness (QED) is 0.423. The minimum absolute atomic E-state index is 0.262. The highest BCUT2D eigenvalue weighted by Gasteiger charge is 2.21. The van der Waals surface area contributed by atoms with Gasteiger partial charge in [0.15, 0.2) is 0 Å². The van der Waals surface area contributed by atoms with E-state index in [9.17, 15) is 18.0 Å². The Bertz CT molecular complexity index is 1270. The summed E-state index contributed by atoms with van der Waals surface area (Å²) in [6, 6.07) is 20.9. The van der Waals surface area contributed by atoms with Gasteiger partial charge in [0, 0.05) is 5.69 Å². The zero-order chi connectivity index (χ0) is 25.4. The van der Waals surface area contributed by atoms with Crippen molar-refractivity contribution in [2.45, 2.75) is 20.5 Å². The van der Waals surface area contributed by atoms with Gasteiger partial charge < -0.3 is 14.8 Å². The molecule has 35 heavy (non-hydrogen) atoms. The van der Waals surface area contributed by atoms with Crippen LogP contribution in [0.4, 0.5) is 11.4 Å². The third-order valence-electron chi connectivity index (χ3n) is 5.07. The predicted molar refractivity (Wildman–Crippen MR) is 135 cm³/mol. The van der Waals surface area contributed by atoms with Crippen molar-refractivity contribution >= 4 is 33.3 Å². The van der Waals surface area contributed by atoms with E-state index in [1.165, 1.54) is 0 Å². The van der Waals surface area contributed by atoms with E-state index in [-0.39, 0.29) is 6.61 Å². The van der Waals surface area contributed by atoms with Crippen LogP contribution < -0.4 is 14.4 Å². The van der Waals surface area contributed by atoms with Gasteiger partial charge in [-0.25, -0.2) is 13.2 Å². The van der Waals surface area contributed by atoms with Crippen LogP contribution >= 0.6 is 0 Å². The summed E-state index contributed by atoms with van der Waals surface area (Å²) in [6.45, 7) is 3.69. The van der Waals surface area contributed by atoms with Crippen LogP contribution in [0.2, 0.25) is 0 Å². The second-order valence-corrected chi connectivity index (χ2v) is 9.74. The lowest BCUT2D eigenvalue weighted by atomic mass is 10.1. The highest BCUT2D eigenvalue weighted by Crippen LogP contribution is 2.23. The summed E-state index contributed by atoms with van der Waals surface area (Å²) in [7, 11) is -3.74. The zero-order valence-electron chi connectivity index (χ0n) is 19.9. The SMILES string of the molecule is CCOC(=O)c1ccc(NC(=O)CN(c2ccc(OCc3ccccc3)cc2)S(C)(=O)=O)c(C)c1. The Balaban J connectivity index is 1.68. The minimum atomic E-state index is -3.74. The molecule has 184 valence electrons. The molecule has 3 aromatic rings. The van der Waals surface area contributed by atoms with Crippen molar-refractivity contribution in [2.24, 2.45) is 0 Å². The van der Waals surface area contributed by atoms with Gasteiger partial charge in [-0.1, -0.05) is 30.3 Å². The van der Waals surface area contributed by atoms with Crippen LogP contribution in [0.1, 0.15) is 28.4 Å². The van der Waals surface area contributed by atoms with Gasteiger partial charge in [-0.15, -0.1) is 0 Å².